The van der Waals surface area contributed by atoms with E-state index < -0.39 is 0 Å². The maximum atomic E-state index is 11.9. The molecule has 0 radical (unpaired) electrons. The summed E-state index contributed by atoms with van der Waals surface area (Å²) in [6, 6.07) is 7.89. The van der Waals surface area contributed by atoms with Crippen molar-refractivity contribution in [2.45, 2.75) is 39.2 Å². The number of rotatable bonds is 4. The molecule has 0 aliphatic heterocycles. The number of nitrogens with one attached hydrogen (secondary N) is 1. The average Bonchev–Trinajstić information content (AvgIpc) is 3.17. The highest BCUT2D eigenvalue weighted by atomic mass is 16.5. The van der Waals surface area contributed by atoms with Gasteiger partial charge in [0.15, 0.2) is 0 Å². The van der Waals surface area contributed by atoms with Gasteiger partial charge in [-0.3, -0.25) is 4.79 Å². The quantitative estimate of drug-likeness (QED) is 0.938. The number of hydrogen-bond acceptors (Lipinski definition) is 4. The first kappa shape index (κ1) is 13.8. The number of amides is 1. The van der Waals surface area contributed by atoms with E-state index in [0.717, 1.165) is 36.8 Å². The molecule has 0 spiro atoms. The first-order valence-electron chi connectivity index (χ1n) is 7.40. The summed E-state index contributed by atoms with van der Waals surface area (Å²) >= 11 is 0. The monoisotopic (exact) mass is 285 g/mol. The highest BCUT2D eigenvalue weighted by Gasteiger charge is 2.22. The molecule has 0 atom stereocenters. The van der Waals surface area contributed by atoms with Crippen LogP contribution in [0, 0.1) is 12.8 Å². The summed E-state index contributed by atoms with van der Waals surface area (Å²) in [4.78, 5) is 16.3. The number of nitrogens with zero attached hydrogens (tertiary/aromatic N) is 2. The van der Waals surface area contributed by atoms with E-state index in [2.05, 4.69) is 15.5 Å². The highest BCUT2D eigenvalue weighted by molar-refractivity contribution is 5.78. The summed E-state index contributed by atoms with van der Waals surface area (Å²) < 4.78 is 5.21. The van der Waals surface area contributed by atoms with Gasteiger partial charge in [-0.25, -0.2) is 0 Å². The van der Waals surface area contributed by atoms with Crippen LogP contribution in [0.5, 0.6) is 0 Å². The maximum absolute atomic E-state index is 11.9. The van der Waals surface area contributed by atoms with Gasteiger partial charge in [-0.2, -0.15) is 4.98 Å². The third kappa shape index (κ3) is 3.12. The van der Waals surface area contributed by atoms with E-state index in [0.29, 0.717) is 18.3 Å². The Kier molecular flexibility index (Phi) is 3.99. The molecule has 1 aliphatic rings. The van der Waals surface area contributed by atoms with E-state index in [-0.39, 0.29) is 11.8 Å². The second-order valence-corrected chi connectivity index (χ2v) is 5.53. The first-order chi connectivity index (χ1) is 10.2. The minimum atomic E-state index is 0.100. The fraction of sp³-hybridized carbons (Fsp3) is 0.438. The molecule has 0 unspecified atom stereocenters. The van der Waals surface area contributed by atoms with Crippen molar-refractivity contribution in [3.8, 4) is 11.4 Å². The molecule has 1 aromatic carbocycles. The number of aromatic nitrogens is 2. The Hall–Kier alpha value is -2.17. The molecule has 5 nitrogen and oxygen atoms in total. The molecule has 0 saturated heterocycles. The third-order valence-electron chi connectivity index (χ3n) is 3.99. The van der Waals surface area contributed by atoms with Crippen molar-refractivity contribution >= 4 is 5.91 Å². The maximum Gasteiger partial charge on any atom is 0.246 e. The molecule has 1 fully saturated rings. The van der Waals surface area contributed by atoms with E-state index in [1.165, 1.54) is 0 Å². The SMILES string of the molecule is Cc1ccccc1-c1noc(CNC(=O)C2CCCC2)n1. The van der Waals surface area contributed by atoms with Crippen molar-refractivity contribution in [2.24, 2.45) is 5.92 Å². The molecule has 1 heterocycles. The van der Waals surface area contributed by atoms with Gasteiger partial charge in [-0.15, -0.1) is 0 Å². The lowest BCUT2D eigenvalue weighted by Gasteiger charge is -2.07. The molecule has 2 aromatic rings. The molecule has 1 aromatic heterocycles. The molecular weight excluding hydrogens is 266 g/mol. The van der Waals surface area contributed by atoms with Crippen molar-refractivity contribution < 1.29 is 9.32 Å². The van der Waals surface area contributed by atoms with Gasteiger partial charge in [0.1, 0.15) is 0 Å². The second kappa shape index (κ2) is 6.08. The second-order valence-electron chi connectivity index (χ2n) is 5.53. The summed E-state index contributed by atoms with van der Waals surface area (Å²) in [5, 5.41) is 6.87. The predicted octanol–water partition coefficient (Wildman–Crippen LogP) is 2.85. The van der Waals surface area contributed by atoms with Crippen molar-refractivity contribution in [3.05, 3.63) is 35.7 Å². The van der Waals surface area contributed by atoms with E-state index in [9.17, 15) is 4.79 Å². The predicted molar refractivity (Wildman–Crippen MR) is 78.3 cm³/mol. The summed E-state index contributed by atoms with van der Waals surface area (Å²) in [7, 11) is 0. The first-order valence-corrected chi connectivity index (χ1v) is 7.40. The van der Waals surface area contributed by atoms with Crippen LogP contribution in [0.25, 0.3) is 11.4 Å². The van der Waals surface area contributed by atoms with Gasteiger partial charge >= 0.3 is 0 Å². The van der Waals surface area contributed by atoms with Crippen LogP contribution in [-0.2, 0) is 11.3 Å². The fourth-order valence-electron chi connectivity index (χ4n) is 2.75. The van der Waals surface area contributed by atoms with Crippen LogP contribution in [-0.4, -0.2) is 16.0 Å². The van der Waals surface area contributed by atoms with Gasteiger partial charge in [0.05, 0.1) is 6.54 Å². The lowest BCUT2D eigenvalue weighted by Crippen LogP contribution is -2.28. The Bertz CT molecular complexity index is 630. The van der Waals surface area contributed by atoms with E-state index >= 15 is 0 Å². The van der Waals surface area contributed by atoms with Gasteiger partial charge in [0.2, 0.25) is 17.6 Å². The Morgan fingerprint density at radius 3 is 2.86 bits per heavy atom. The lowest BCUT2D eigenvalue weighted by molar-refractivity contribution is -0.125. The largest absolute Gasteiger partial charge is 0.347 e. The van der Waals surface area contributed by atoms with Crippen molar-refractivity contribution in [2.75, 3.05) is 0 Å². The number of aryl methyl sites for hydroxylation is 1. The van der Waals surface area contributed by atoms with Gasteiger partial charge < -0.3 is 9.84 Å². The summed E-state index contributed by atoms with van der Waals surface area (Å²) in [6.45, 7) is 2.31. The highest BCUT2D eigenvalue weighted by Crippen LogP contribution is 2.24. The number of carbonyl (C=O) groups is 1. The fourth-order valence-corrected chi connectivity index (χ4v) is 2.75. The average molecular weight is 285 g/mol. The Morgan fingerprint density at radius 1 is 1.33 bits per heavy atom. The van der Waals surface area contributed by atoms with Crippen LogP contribution in [0.1, 0.15) is 37.1 Å². The minimum Gasteiger partial charge on any atom is -0.347 e. The molecule has 1 saturated carbocycles. The molecule has 1 amide bonds. The smallest absolute Gasteiger partial charge is 0.246 e. The number of benzene rings is 1. The zero-order chi connectivity index (χ0) is 14.7. The van der Waals surface area contributed by atoms with Crippen LogP contribution in [0.15, 0.2) is 28.8 Å². The Labute approximate surface area is 123 Å². The zero-order valence-corrected chi connectivity index (χ0v) is 12.1. The van der Waals surface area contributed by atoms with Crippen LogP contribution in [0.4, 0.5) is 0 Å². The van der Waals surface area contributed by atoms with Crippen LogP contribution in [0.2, 0.25) is 0 Å². The van der Waals surface area contributed by atoms with Crippen molar-refractivity contribution in [1.82, 2.24) is 15.5 Å². The van der Waals surface area contributed by atoms with Crippen LogP contribution >= 0.6 is 0 Å². The topological polar surface area (TPSA) is 68.0 Å². The summed E-state index contributed by atoms with van der Waals surface area (Å²) in [6.07, 6.45) is 4.28. The van der Waals surface area contributed by atoms with Crippen molar-refractivity contribution in [3.63, 3.8) is 0 Å². The molecule has 3 rings (SSSR count). The van der Waals surface area contributed by atoms with Crippen LogP contribution in [0.3, 0.4) is 0 Å². The van der Waals surface area contributed by atoms with Crippen LogP contribution < -0.4 is 5.32 Å². The Balaban J connectivity index is 1.63. The Morgan fingerprint density at radius 2 is 2.10 bits per heavy atom. The summed E-state index contributed by atoms with van der Waals surface area (Å²) in [5.41, 5.74) is 2.05. The molecule has 1 aliphatic carbocycles. The van der Waals surface area contributed by atoms with Crippen molar-refractivity contribution in [1.29, 1.82) is 0 Å². The molecule has 5 heteroatoms. The van der Waals surface area contributed by atoms with E-state index in [4.69, 9.17) is 4.52 Å². The van der Waals surface area contributed by atoms with Gasteiger partial charge in [0.25, 0.3) is 0 Å². The molecule has 1 N–H and O–H groups in total. The van der Waals surface area contributed by atoms with E-state index in [1.807, 2.05) is 31.2 Å². The normalized spacial score (nSPS) is 15.3. The van der Waals surface area contributed by atoms with E-state index in [1.54, 1.807) is 0 Å². The molecule has 21 heavy (non-hydrogen) atoms. The third-order valence-corrected chi connectivity index (χ3v) is 3.99. The number of hydrogen-bond donors (Lipinski definition) is 1. The molecule has 0 bridgehead atoms. The molecule has 110 valence electrons. The zero-order valence-electron chi connectivity index (χ0n) is 12.1. The minimum absolute atomic E-state index is 0.100. The summed E-state index contributed by atoms with van der Waals surface area (Å²) in [5.74, 6) is 1.27. The molecular formula is C16H19N3O2. The van der Waals surface area contributed by atoms with Gasteiger partial charge in [-0.05, 0) is 25.3 Å². The lowest BCUT2D eigenvalue weighted by atomic mass is 10.1. The van der Waals surface area contributed by atoms with Gasteiger partial charge in [0, 0.05) is 11.5 Å². The number of carbonyl (C=O) groups excluding carboxylic acids is 1. The van der Waals surface area contributed by atoms with Gasteiger partial charge in [-0.1, -0.05) is 42.3 Å². The standard InChI is InChI=1S/C16H19N3O2/c1-11-6-2-5-9-13(11)15-18-14(21-19-15)10-17-16(20)12-7-3-4-8-12/h2,5-6,9,12H,3-4,7-8,10H2,1H3,(H,17,20).